The van der Waals surface area contributed by atoms with E-state index in [9.17, 15) is 0 Å². The second kappa shape index (κ2) is 7.93. The fourth-order valence-corrected chi connectivity index (χ4v) is 0.866. The van der Waals surface area contributed by atoms with Crippen molar-refractivity contribution in [3.8, 4) is 0 Å². The molecular formula is C7H17Cl2MgN. The van der Waals surface area contributed by atoms with E-state index in [2.05, 4.69) is 39.9 Å². The van der Waals surface area contributed by atoms with Crippen LogP contribution in [-0.4, -0.2) is 29.7 Å². The van der Waals surface area contributed by atoms with Crippen molar-refractivity contribution in [1.82, 2.24) is 5.32 Å². The maximum atomic E-state index is 4.90. The lowest BCUT2D eigenvalue weighted by molar-refractivity contribution is 0.386. The van der Waals surface area contributed by atoms with Crippen molar-refractivity contribution in [2.45, 2.75) is 46.2 Å². The molecule has 0 aliphatic carbocycles. The highest BCUT2D eigenvalue weighted by atomic mass is 35.6. The van der Waals surface area contributed by atoms with Crippen LogP contribution in [0.3, 0.4) is 0 Å². The lowest BCUT2D eigenvalue weighted by Gasteiger charge is -2.23. The Morgan fingerprint density at radius 2 is 1.45 bits per heavy atom. The number of hydrogen-bond donors (Lipinski definition) is 1. The molecule has 0 aromatic heterocycles. The Labute approximate surface area is 87.5 Å². The van der Waals surface area contributed by atoms with Crippen molar-refractivity contribution in [1.29, 1.82) is 0 Å². The molecule has 0 amide bonds. The summed E-state index contributed by atoms with van der Waals surface area (Å²) in [5, 5.41) is 3.38. The average molecular weight is 210 g/mol. The van der Waals surface area contributed by atoms with Crippen LogP contribution in [0.2, 0.25) is 0 Å². The molecule has 0 aromatic rings. The molecule has 0 fully saturated rings. The molecule has 0 rings (SSSR count). The summed E-state index contributed by atoms with van der Waals surface area (Å²) in [6, 6.07) is 0.593. The molecule has 0 spiro atoms. The van der Waals surface area contributed by atoms with E-state index < -0.39 is 18.2 Å². The summed E-state index contributed by atoms with van der Waals surface area (Å²) < 4.78 is 0. The minimum Gasteiger partial charge on any atom is -0.310 e. The monoisotopic (exact) mass is 209 g/mol. The van der Waals surface area contributed by atoms with Crippen molar-refractivity contribution in [3.05, 3.63) is 0 Å². The van der Waals surface area contributed by atoms with Gasteiger partial charge < -0.3 is 23.5 Å². The van der Waals surface area contributed by atoms with E-state index in [0.29, 0.717) is 6.04 Å². The molecule has 0 aliphatic rings. The van der Waals surface area contributed by atoms with Crippen LogP contribution in [0.4, 0.5) is 0 Å². The lowest BCUT2D eigenvalue weighted by Crippen LogP contribution is -2.40. The summed E-state index contributed by atoms with van der Waals surface area (Å²) in [6.45, 7) is 10.8. The van der Waals surface area contributed by atoms with Gasteiger partial charge >= 0.3 is 18.2 Å². The lowest BCUT2D eigenvalue weighted by atomic mass is 10.1. The molecule has 0 atom stereocenters. The van der Waals surface area contributed by atoms with Gasteiger partial charge in [-0.3, -0.25) is 0 Å². The topological polar surface area (TPSA) is 12.0 Å². The molecule has 0 saturated heterocycles. The van der Waals surface area contributed by atoms with E-state index in [1.54, 1.807) is 0 Å². The first-order valence-electron chi connectivity index (χ1n) is 3.73. The summed E-state index contributed by atoms with van der Waals surface area (Å²) in [5.41, 5.74) is 0.272. The zero-order valence-electron chi connectivity index (χ0n) is 8.04. The second-order valence-corrected chi connectivity index (χ2v) is 6.28. The molecule has 0 aliphatic heterocycles. The van der Waals surface area contributed by atoms with Crippen LogP contribution in [0.15, 0.2) is 0 Å². The third-order valence-corrected chi connectivity index (χ3v) is 0.722. The van der Waals surface area contributed by atoms with Crippen LogP contribution < -0.4 is 5.32 Å². The summed E-state index contributed by atoms with van der Waals surface area (Å²) in [6.07, 6.45) is 0. The van der Waals surface area contributed by atoms with Crippen LogP contribution in [0.1, 0.15) is 34.6 Å². The molecule has 0 bridgehead atoms. The van der Waals surface area contributed by atoms with Gasteiger partial charge in [-0.05, 0) is 20.8 Å². The maximum Gasteiger partial charge on any atom is 0.618 e. The number of halogens is 2. The van der Waals surface area contributed by atoms with Gasteiger partial charge in [0.15, 0.2) is 0 Å². The number of hydrogen-bond acceptors (Lipinski definition) is 1. The van der Waals surface area contributed by atoms with Gasteiger partial charge in [-0.15, -0.1) is 0 Å². The Kier molecular flexibility index (Phi) is 10.7. The minimum absolute atomic E-state index is 0.272. The van der Waals surface area contributed by atoms with E-state index in [-0.39, 0.29) is 5.54 Å². The van der Waals surface area contributed by atoms with Crippen LogP contribution in [0.25, 0.3) is 0 Å². The third kappa shape index (κ3) is 24.6. The van der Waals surface area contributed by atoms with E-state index in [0.717, 1.165) is 0 Å². The molecule has 0 radical (unpaired) electrons. The Bertz CT molecular complexity index is 81.0. The Morgan fingerprint density at radius 1 is 1.18 bits per heavy atom. The minimum atomic E-state index is -0.639. The molecule has 0 unspecified atom stereocenters. The van der Waals surface area contributed by atoms with Gasteiger partial charge in [-0.1, -0.05) is 13.8 Å². The standard InChI is InChI=1S/C7H17N.2ClH.Mg/c1-6(2)8-7(3,4)5;;;/h6,8H,1-5H3;2*1H;/q;;;+2/p-2. The number of nitrogens with one attached hydrogen (secondary N) is 1. The van der Waals surface area contributed by atoms with Gasteiger partial charge in [0.2, 0.25) is 0 Å². The highest BCUT2D eigenvalue weighted by molar-refractivity contribution is 7.22. The zero-order valence-corrected chi connectivity index (χ0v) is 11.0. The fourth-order valence-electron chi connectivity index (χ4n) is 0.866. The van der Waals surface area contributed by atoms with Gasteiger partial charge in [-0.2, -0.15) is 0 Å². The van der Waals surface area contributed by atoms with Crippen molar-refractivity contribution >= 4 is 36.3 Å². The quantitative estimate of drug-likeness (QED) is 0.656. The van der Waals surface area contributed by atoms with E-state index in [1.165, 1.54) is 0 Å². The summed E-state index contributed by atoms with van der Waals surface area (Å²) in [4.78, 5) is 0. The first kappa shape index (κ1) is 14.8. The van der Waals surface area contributed by atoms with Gasteiger partial charge in [0.25, 0.3) is 0 Å². The van der Waals surface area contributed by atoms with Crippen molar-refractivity contribution in [3.63, 3.8) is 0 Å². The van der Waals surface area contributed by atoms with Gasteiger partial charge in [0.1, 0.15) is 0 Å². The fraction of sp³-hybridized carbons (Fsp3) is 1.00. The number of rotatable bonds is 1. The van der Waals surface area contributed by atoms with E-state index in [1.807, 2.05) is 0 Å². The van der Waals surface area contributed by atoms with Crippen LogP contribution in [0.5, 0.6) is 0 Å². The van der Waals surface area contributed by atoms with E-state index in [4.69, 9.17) is 18.1 Å². The summed E-state index contributed by atoms with van der Waals surface area (Å²) in [7, 11) is 9.81. The SMILES string of the molecule is CC(C)NC(C)(C)C.[Cl][Mg][Cl]. The molecule has 1 nitrogen and oxygen atoms in total. The van der Waals surface area contributed by atoms with Gasteiger partial charge in [-0.25, -0.2) is 0 Å². The molecule has 0 aromatic carbocycles. The Balaban J connectivity index is 0. The molecule has 0 heterocycles. The second-order valence-electron chi connectivity index (χ2n) is 3.65. The Hall–Kier alpha value is 1.31. The maximum absolute atomic E-state index is 4.90. The highest BCUT2D eigenvalue weighted by Gasteiger charge is 2.08. The van der Waals surface area contributed by atoms with Gasteiger partial charge in [0, 0.05) is 11.6 Å². The predicted octanol–water partition coefficient (Wildman–Crippen LogP) is 2.78. The zero-order chi connectivity index (χ0) is 9.49. The summed E-state index contributed by atoms with van der Waals surface area (Å²) in [5.74, 6) is 0. The molecule has 4 heteroatoms. The largest absolute Gasteiger partial charge is 0.618 e. The van der Waals surface area contributed by atoms with Crippen molar-refractivity contribution in [2.24, 2.45) is 0 Å². The molecule has 11 heavy (non-hydrogen) atoms. The molecule has 0 saturated carbocycles. The Morgan fingerprint density at radius 3 is 1.45 bits per heavy atom. The third-order valence-electron chi connectivity index (χ3n) is 0.722. The first-order chi connectivity index (χ1) is 4.83. The van der Waals surface area contributed by atoms with Crippen LogP contribution >= 0.6 is 18.1 Å². The molecule has 1 N–H and O–H groups in total. The smallest absolute Gasteiger partial charge is 0.310 e. The molecule has 66 valence electrons. The average Bonchev–Trinajstić information content (AvgIpc) is 1.57. The normalized spacial score (nSPS) is 10.2. The van der Waals surface area contributed by atoms with Crippen molar-refractivity contribution < 1.29 is 0 Å². The highest BCUT2D eigenvalue weighted by Crippen LogP contribution is 1.99. The first-order valence-corrected chi connectivity index (χ1v) is 8.00. The van der Waals surface area contributed by atoms with Crippen LogP contribution in [-0.2, 0) is 0 Å². The van der Waals surface area contributed by atoms with Gasteiger partial charge in [0.05, 0.1) is 0 Å². The van der Waals surface area contributed by atoms with Crippen molar-refractivity contribution in [2.75, 3.05) is 0 Å². The molecular weight excluding hydrogens is 193 g/mol. The predicted molar refractivity (Wildman–Crippen MR) is 55.5 cm³/mol. The van der Waals surface area contributed by atoms with E-state index >= 15 is 0 Å². The summed E-state index contributed by atoms with van der Waals surface area (Å²) >= 11 is -0.639. The van der Waals surface area contributed by atoms with Crippen LogP contribution in [0, 0.1) is 0 Å².